The Balaban J connectivity index is 1.63. The molecule has 2 aromatic rings. The second-order valence-corrected chi connectivity index (χ2v) is 7.30. The molecule has 2 N–H and O–H groups in total. The maximum atomic E-state index is 12.3. The van der Waals surface area contributed by atoms with Crippen molar-refractivity contribution in [2.45, 2.75) is 32.6 Å². The fourth-order valence-corrected chi connectivity index (χ4v) is 3.79. The molecule has 6 nitrogen and oxygen atoms in total. The summed E-state index contributed by atoms with van der Waals surface area (Å²) in [7, 11) is 0. The van der Waals surface area contributed by atoms with E-state index in [2.05, 4.69) is 10.6 Å². The number of carbonyl (C=O) groups excluding carboxylic acids is 3. The lowest BCUT2D eigenvalue weighted by atomic mass is 10.1. The summed E-state index contributed by atoms with van der Waals surface area (Å²) in [4.78, 5) is 35.9. The number of Topliss-reactive ketones (excluding diaryl/α,β-unsaturated/α-hetero) is 1. The summed E-state index contributed by atoms with van der Waals surface area (Å²) in [6.45, 7) is 3.62. The SMILES string of the molecule is CCOC(=O)c1c(C2CC2)csc1NC(=O)CNc1ccc(C(C)=O)cc1. The van der Waals surface area contributed by atoms with Crippen LogP contribution in [0.2, 0.25) is 0 Å². The monoisotopic (exact) mass is 386 g/mol. The minimum absolute atomic E-state index is 0.00468. The number of ketones is 1. The number of ether oxygens (including phenoxy) is 1. The summed E-state index contributed by atoms with van der Waals surface area (Å²) in [5.74, 6) is -0.247. The summed E-state index contributed by atoms with van der Waals surface area (Å²) in [6.07, 6.45) is 2.13. The van der Waals surface area contributed by atoms with Crippen LogP contribution in [0.5, 0.6) is 0 Å². The molecule has 0 atom stereocenters. The number of nitrogens with one attached hydrogen (secondary N) is 2. The highest BCUT2D eigenvalue weighted by Gasteiger charge is 2.32. The lowest BCUT2D eigenvalue weighted by Crippen LogP contribution is -2.22. The van der Waals surface area contributed by atoms with Crippen LogP contribution >= 0.6 is 11.3 Å². The van der Waals surface area contributed by atoms with E-state index in [1.807, 2.05) is 5.38 Å². The fraction of sp³-hybridized carbons (Fsp3) is 0.350. The lowest BCUT2D eigenvalue weighted by molar-refractivity contribution is -0.114. The molecule has 1 fully saturated rings. The molecular formula is C20H22N2O4S. The van der Waals surface area contributed by atoms with E-state index in [1.54, 1.807) is 31.2 Å². The van der Waals surface area contributed by atoms with Gasteiger partial charge in [0.25, 0.3) is 0 Å². The summed E-state index contributed by atoms with van der Waals surface area (Å²) < 4.78 is 5.16. The summed E-state index contributed by atoms with van der Waals surface area (Å²) in [6, 6.07) is 6.93. The van der Waals surface area contributed by atoms with Crippen molar-refractivity contribution in [3.8, 4) is 0 Å². The lowest BCUT2D eigenvalue weighted by Gasteiger charge is -2.10. The summed E-state index contributed by atoms with van der Waals surface area (Å²) >= 11 is 1.36. The van der Waals surface area contributed by atoms with Gasteiger partial charge in [-0.05, 0) is 67.8 Å². The van der Waals surface area contributed by atoms with E-state index < -0.39 is 0 Å². The Hall–Kier alpha value is -2.67. The van der Waals surface area contributed by atoms with E-state index in [-0.39, 0.29) is 24.2 Å². The molecule has 1 saturated carbocycles. The number of benzene rings is 1. The molecule has 7 heteroatoms. The van der Waals surface area contributed by atoms with Gasteiger partial charge in [-0.1, -0.05) is 0 Å². The van der Waals surface area contributed by atoms with Gasteiger partial charge in [-0.25, -0.2) is 4.79 Å². The number of carbonyl (C=O) groups is 3. The first-order valence-corrected chi connectivity index (χ1v) is 9.80. The average molecular weight is 386 g/mol. The highest BCUT2D eigenvalue weighted by atomic mass is 32.1. The van der Waals surface area contributed by atoms with Crippen LogP contribution in [0.25, 0.3) is 0 Å². The van der Waals surface area contributed by atoms with Crippen molar-refractivity contribution in [3.63, 3.8) is 0 Å². The van der Waals surface area contributed by atoms with Gasteiger partial charge in [0.2, 0.25) is 5.91 Å². The van der Waals surface area contributed by atoms with E-state index >= 15 is 0 Å². The Kier molecular flexibility index (Phi) is 5.91. The van der Waals surface area contributed by atoms with Gasteiger partial charge in [0, 0.05) is 11.3 Å². The van der Waals surface area contributed by atoms with Gasteiger partial charge >= 0.3 is 5.97 Å². The number of amides is 1. The van der Waals surface area contributed by atoms with E-state index in [9.17, 15) is 14.4 Å². The van der Waals surface area contributed by atoms with Gasteiger partial charge in [0.15, 0.2) is 5.78 Å². The van der Waals surface area contributed by atoms with Crippen molar-refractivity contribution in [1.29, 1.82) is 0 Å². The Morgan fingerprint density at radius 3 is 2.48 bits per heavy atom. The molecule has 27 heavy (non-hydrogen) atoms. The molecule has 0 bridgehead atoms. The molecule has 0 radical (unpaired) electrons. The van der Waals surface area contributed by atoms with Gasteiger partial charge in [-0.3, -0.25) is 9.59 Å². The van der Waals surface area contributed by atoms with Gasteiger partial charge in [-0.2, -0.15) is 0 Å². The van der Waals surface area contributed by atoms with E-state index in [0.717, 1.165) is 24.1 Å². The van der Waals surface area contributed by atoms with Crippen LogP contribution in [-0.2, 0) is 9.53 Å². The fourth-order valence-electron chi connectivity index (χ4n) is 2.75. The first-order valence-electron chi connectivity index (χ1n) is 8.92. The maximum Gasteiger partial charge on any atom is 0.341 e. The van der Waals surface area contributed by atoms with Crippen LogP contribution < -0.4 is 10.6 Å². The number of hydrogen-bond donors (Lipinski definition) is 2. The number of hydrogen-bond acceptors (Lipinski definition) is 6. The van der Waals surface area contributed by atoms with Crippen LogP contribution in [0.3, 0.4) is 0 Å². The van der Waals surface area contributed by atoms with Crippen molar-refractivity contribution in [3.05, 3.63) is 46.3 Å². The van der Waals surface area contributed by atoms with E-state index in [0.29, 0.717) is 28.7 Å². The zero-order valence-electron chi connectivity index (χ0n) is 15.3. The first kappa shape index (κ1) is 19.1. The van der Waals surface area contributed by atoms with Crippen LogP contribution in [-0.4, -0.2) is 30.8 Å². The van der Waals surface area contributed by atoms with E-state index in [1.165, 1.54) is 18.3 Å². The second-order valence-electron chi connectivity index (χ2n) is 6.43. The molecule has 1 heterocycles. The predicted octanol–water partition coefficient (Wildman–Crippen LogP) is 4.06. The van der Waals surface area contributed by atoms with Gasteiger partial charge in [-0.15, -0.1) is 11.3 Å². The van der Waals surface area contributed by atoms with Crippen molar-refractivity contribution < 1.29 is 19.1 Å². The number of rotatable bonds is 8. The highest BCUT2D eigenvalue weighted by Crippen LogP contribution is 2.46. The molecule has 142 valence electrons. The van der Waals surface area contributed by atoms with Crippen molar-refractivity contribution in [1.82, 2.24) is 0 Å². The van der Waals surface area contributed by atoms with Crippen LogP contribution in [0.15, 0.2) is 29.6 Å². The van der Waals surface area contributed by atoms with Crippen LogP contribution in [0.1, 0.15) is 58.9 Å². The standard InChI is InChI=1S/C20H22N2O4S/c1-3-26-20(25)18-16(14-4-5-14)11-27-19(18)22-17(24)10-21-15-8-6-13(7-9-15)12(2)23/h6-9,11,14,21H,3-5,10H2,1-2H3,(H,22,24). The largest absolute Gasteiger partial charge is 0.462 e. The van der Waals surface area contributed by atoms with Crippen LogP contribution in [0.4, 0.5) is 10.7 Å². The third-order valence-corrected chi connectivity index (χ3v) is 5.23. The molecule has 0 spiro atoms. The van der Waals surface area contributed by atoms with Gasteiger partial charge in [0.1, 0.15) is 5.00 Å². The molecule has 1 aliphatic carbocycles. The number of thiophene rings is 1. The second kappa shape index (κ2) is 8.35. The number of anilines is 2. The van der Waals surface area contributed by atoms with Crippen molar-refractivity contribution in [2.24, 2.45) is 0 Å². The topological polar surface area (TPSA) is 84.5 Å². The molecule has 1 aromatic heterocycles. The smallest absolute Gasteiger partial charge is 0.341 e. The van der Waals surface area contributed by atoms with Crippen molar-refractivity contribution in [2.75, 3.05) is 23.8 Å². The van der Waals surface area contributed by atoms with E-state index in [4.69, 9.17) is 4.74 Å². The minimum atomic E-state index is -0.385. The molecule has 1 amide bonds. The quantitative estimate of drug-likeness (QED) is 0.528. The number of esters is 1. The Bertz CT molecular complexity index is 853. The average Bonchev–Trinajstić information content (AvgIpc) is 3.41. The van der Waals surface area contributed by atoms with Gasteiger partial charge in [0.05, 0.1) is 18.7 Å². The normalized spacial score (nSPS) is 13.1. The molecule has 1 aliphatic rings. The third kappa shape index (κ3) is 4.74. The van der Waals surface area contributed by atoms with Crippen LogP contribution in [0, 0.1) is 0 Å². The molecule has 3 rings (SSSR count). The molecule has 0 unspecified atom stereocenters. The molecule has 1 aromatic carbocycles. The Labute approximate surface area is 161 Å². The molecule has 0 saturated heterocycles. The first-order chi connectivity index (χ1) is 13.0. The zero-order valence-corrected chi connectivity index (χ0v) is 16.2. The minimum Gasteiger partial charge on any atom is -0.462 e. The summed E-state index contributed by atoms with van der Waals surface area (Å²) in [5, 5.41) is 8.30. The Morgan fingerprint density at radius 2 is 1.89 bits per heavy atom. The Morgan fingerprint density at radius 1 is 1.19 bits per heavy atom. The summed E-state index contributed by atoms with van der Waals surface area (Å²) in [5.41, 5.74) is 2.82. The third-order valence-electron chi connectivity index (χ3n) is 4.31. The van der Waals surface area contributed by atoms with Crippen molar-refractivity contribution >= 4 is 39.7 Å². The maximum absolute atomic E-state index is 12.3. The van der Waals surface area contributed by atoms with Gasteiger partial charge < -0.3 is 15.4 Å². The molecule has 0 aliphatic heterocycles. The predicted molar refractivity (Wildman–Crippen MR) is 106 cm³/mol. The highest BCUT2D eigenvalue weighted by molar-refractivity contribution is 7.15. The molecular weight excluding hydrogens is 364 g/mol. The zero-order chi connectivity index (χ0) is 19.4.